The molecule has 0 aromatic heterocycles. The molecule has 110 valence electrons. The molecule has 0 fully saturated rings. The molecule has 0 unspecified atom stereocenters. The van der Waals surface area contributed by atoms with Crippen LogP contribution in [0, 0.1) is 17.5 Å². The summed E-state index contributed by atoms with van der Waals surface area (Å²) in [5, 5.41) is 2.55. The summed E-state index contributed by atoms with van der Waals surface area (Å²) >= 11 is 0. The molecule has 2 aromatic rings. The molecule has 1 N–H and O–H groups in total. The Morgan fingerprint density at radius 3 is 2.24 bits per heavy atom. The van der Waals surface area contributed by atoms with Crippen LogP contribution in [0.2, 0.25) is 0 Å². The van der Waals surface area contributed by atoms with Gasteiger partial charge >= 0.3 is 0 Å². The van der Waals surface area contributed by atoms with Crippen molar-refractivity contribution in [3.8, 4) is 0 Å². The van der Waals surface area contributed by atoms with Crippen LogP contribution in [0.1, 0.15) is 22.3 Å². The molecule has 0 aliphatic heterocycles. The Kier molecular flexibility index (Phi) is 4.98. The first-order chi connectivity index (χ1) is 10.1. The van der Waals surface area contributed by atoms with Crippen LogP contribution < -0.4 is 5.32 Å². The summed E-state index contributed by atoms with van der Waals surface area (Å²) in [6.45, 7) is 0.369. The van der Waals surface area contributed by atoms with Crippen LogP contribution in [0.3, 0.4) is 0 Å². The highest BCUT2D eigenvalue weighted by Gasteiger charge is 2.14. The first-order valence-corrected chi connectivity index (χ1v) is 6.54. The third-order valence-electron chi connectivity index (χ3n) is 3.02. The minimum absolute atomic E-state index is 0.230. The van der Waals surface area contributed by atoms with Gasteiger partial charge in [0.15, 0.2) is 17.5 Å². The fraction of sp³-hybridized carbons (Fsp3) is 0.188. The number of rotatable bonds is 5. The van der Waals surface area contributed by atoms with E-state index in [2.05, 4.69) is 5.32 Å². The lowest BCUT2D eigenvalue weighted by Gasteiger charge is -2.06. The second-order valence-corrected chi connectivity index (χ2v) is 4.60. The molecule has 21 heavy (non-hydrogen) atoms. The second kappa shape index (κ2) is 6.92. The molecule has 0 aliphatic carbocycles. The van der Waals surface area contributed by atoms with E-state index in [1.165, 1.54) is 0 Å². The minimum atomic E-state index is -1.57. The summed E-state index contributed by atoms with van der Waals surface area (Å²) in [7, 11) is 0. The molecule has 0 saturated heterocycles. The zero-order chi connectivity index (χ0) is 15.2. The van der Waals surface area contributed by atoms with Gasteiger partial charge in [-0.25, -0.2) is 13.2 Å². The summed E-state index contributed by atoms with van der Waals surface area (Å²) in [6.07, 6.45) is 1.48. The molecule has 0 spiro atoms. The Morgan fingerprint density at radius 2 is 1.62 bits per heavy atom. The number of halogens is 3. The number of hydrogen-bond acceptors (Lipinski definition) is 1. The summed E-state index contributed by atoms with van der Waals surface area (Å²) in [5.74, 6) is -4.94. The number of nitrogens with one attached hydrogen (secondary N) is 1. The summed E-state index contributed by atoms with van der Waals surface area (Å²) < 4.78 is 38.8. The Bertz CT molecular complexity index is 606. The van der Waals surface area contributed by atoms with Gasteiger partial charge < -0.3 is 5.32 Å². The minimum Gasteiger partial charge on any atom is -0.352 e. The SMILES string of the molecule is O=C(NCCCc1ccccc1)c1cc(F)c(F)c(F)c1. The van der Waals surface area contributed by atoms with E-state index in [4.69, 9.17) is 0 Å². The third kappa shape index (κ3) is 4.08. The van der Waals surface area contributed by atoms with Gasteiger partial charge in [0.2, 0.25) is 0 Å². The van der Waals surface area contributed by atoms with Gasteiger partial charge in [-0.3, -0.25) is 4.79 Å². The largest absolute Gasteiger partial charge is 0.352 e. The number of hydrogen-bond donors (Lipinski definition) is 1. The average molecular weight is 293 g/mol. The maximum absolute atomic E-state index is 13.0. The van der Waals surface area contributed by atoms with Crippen molar-refractivity contribution >= 4 is 5.91 Å². The Balaban J connectivity index is 1.85. The van der Waals surface area contributed by atoms with Crippen molar-refractivity contribution in [1.29, 1.82) is 0 Å². The molecule has 0 bridgehead atoms. The molecule has 2 nitrogen and oxygen atoms in total. The van der Waals surface area contributed by atoms with E-state index < -0.39 is 23.4 Å². The highest BCUT2D eigenvalue weighted by atomic mass is 19.2. The molecule has 0 radical (unpaired) electrons. The van der Waals surface area contributed by atoms with Crippen molar-refractivity contribution < 1.29 is 18.0 Å². The van der Waals surface area contributed by atoms with Gasteiger partial charge in [-0.15, -0.1) is 0 Å². The summed E-state index contributed by atoms with van der Waals surface area (Å²) in [5.41, 5.74) is 0.914. The predicted octanol–water partition coefficient (Wildman–Crippen LogP) is 3.47. The van der Waals surface area contributed by atoms with Gasteiger partial charge in [0.1, 0.15) is 0 Å². The number of benzene rings is 2. The van der Waals surface area contributed by atoms with Gasteiger partial charge in [-0.1, -0.05) is 30.3 Å². The Hall–Kier alpha value is -2.30. The topological polar surface area (TPSA) is 29.1 Å². The normalized spacial score (nSPS) is 10.4. The molecule has 0 saturated carbocycles. The van der Waals surface area contributed by atoms with Crippen molar-refractivity contribution in [3.05, 3.63) is 71.0 Å². The monoisotopic (exact) mass is 293 g/mol. The standard InChI is InChI=1S/C16H14F3NO/c17-13-9-12(10-14(18)15(13)19)16(21)20-8-4-7-11-5-2-1-3-6-11/h1-3,5-6,9-10H,4,7-8H2,(H,20,21). The van der Waals surface area contributed by atoms with Gasteiger partial charge in [0, 0.05) is 12.1 Å². The van der Waals surface area contributed by atoms with Crippen molar-refractivity contribution in [1.82, 2.24) is 5.32 Å². The molecule has 2 rings (SSSR count). The summed E-state index contributed by atoms with van der Waals surface area (Å²) in [4.78, 5) is 11.7. The zero-order valence-corrected chi connectivity index (χ0v) is 11.2. The van der Waals surface area contributed by atoms with E-state index in [0.717, 1.165) is 12.0 Å². The Morgan fingerprint density at radius 1 is 1.00 bits per heavy atom. The lowest BCUT2D eigenvalue weighted by molar-refractivity contribution is 0.0952. The molecule has 0 aliphatic rings. The average Bonchev–Trinajstić information content (AvgIpc) is 2.49. The van der Waals surface area contributed by atoms with E-state index in [9.17, 15) is 18.0 Å². The molecule has 1 amide bonds. The van der Waals surface area contributed by atoms with Crippen LogP contribution in [-0.4, -0.2) is 12.5 Å². The zero-order valence-electron chi connectivity index (χ0n) is 11.2. The number of carbonyl (C=O) groups is 1. The van der Waals surface area contributed by atoms with Crippen LogP contribution in [0.25, 0.3) is 0 Å². The highest BCUT2D eigenvalue weighted by molar-refractivity contribution is 5.94. The first-order valence-electron chi connectivity index (χ1n) is 6.54. The maximum Gasteiger partial charge on any atom is 0.251 e. The molecular weight excluding hydrogens is 279 g/mol. The van der Waals surface area contributed by atoms with Gasteiger partial charge in [-0.2, -0.15) is 0 Å². The van der Waals surface area contributed by atoms with Gasteiger partial charge in [0.25, 0.3) is 5.91 Å². The van der Waals surface area contributed by atoms with Crippen molar-refractivity contribution in [2.45, 2.75) is 12.8 Å². The van der Waals surface area contributed by atoms with Crippen molar-refractivity contribution in [3.63, 3.8) is 0 Å². The first kappa shape index (κ1) is 15.1. The van der Waals surface area contributed by atoms with Crippen LogP contribution in [0.4, 0.5) is 13.2 Å². The number of amides is 1. The van der Waals surface area contributed by atoms with E-state index in [1.807, 2.05) is 30.3 Å². The predicted molar refractivity (Wildman–Crippen MR) is 73.4 cm³/mol. The van der Waals surface area contributed by atoms with Crippen molar-refractivity contribution in [2.75, 3.05) is 6.54 Å². The lowest BCUT2D eigenvalue weighted by Crippen LogP contribution is -2.25. The van der Waals surface area contributed by atoms with Crippen LogP contribution in [0.5, 0.6) is 0 Å². The molecule has 5 heteroatoms. The smallest absolute Gasteiger partial charge is 0.251 e. The van der Waals surface area contributed by atoms with Gasteiger partial charge in [-0.05, 0) is 30.5 Å². The molecular formula is C16H14F3NO. The van der Waals surface area contributed by atoms with E-state index in [0.29, 0.717) is 25.1 Å². The Labute approximate surface area is 120 Å². The quantitative estimate of drug-likeness (QED) is 0.664. The number of carbonyl (C=O) groups excluding carboxylic acids is 1. The molecule has 0 heterocycles. The third-order valence-corrected chi connectivity index (χ3v) is 3.02. The van der Waals surface area contributed by atoms with Crippen LogP contribution in [-0.2, 0) is 6.42 Å². The lowest BCUT2D eigenvalue weighted by atomic mass is 10.1. The molecule has 0 atom stereocenters. The van der Waals surface area contributed by atoms with E-state index >= 15 is 0 Å². The van der Waals surface area contributed by atoms with Crippen molar-refractivity contribution in [2.24, 2.45) is 0 Å². The maximum atomic E-state index is 13.0. The van der Waals surface area contributed by atoms with Gasteiger partial charge in [0.05, 0.1) is 0 Å². The van der Waals surface area contributed by atoms with Crippen LogP contribution >= 0.6 is 0 Å². The summed E-state index contributed by atoms with van der Waals surface area (Å²) in [6, 6.07) is 11.1. The van der Waals surface area contributed by atoms with E-state index in [-0.39, 0.29) is 5.56 Å². The number of aryl methyl sites for hydroxylation is 1. The van der Waals surface area contributed by atoms with Crippen LogP contribution in [0.15, 0.2) is 42.5 Å². The molecule has 2 aromatic carbocycles. The second-order valence-electron chi connectivity index (χ2n) is 4.60. The fourth-order valence-electron chi connectivity index (χ4n) is 1.93. The highest BCUT2D eigenvalue weighted by Crippen LogP contribution is 2.13. The fourth-order valence-corrected chi connectivity index (χ4v) is 1.93. The van der Waals surface area contributed by atoms with E-state index in [1.54, 1.807) is 0 Å².